The largest absolute Gasteiger partial charge is 0.396 e. The molecule has 19 heavy (non-hydrogen) atoms. The number of hydrogen-bond donors (Lipinski definition) is 2. The Hall–Kier alpha value is -1.65. The van der Waals surface area contributed by atoms with Gasteiger partial charge >= 0.3 is 0 Å². The minimum atomic E-state index is -0.230. The van der Waals surface area contributed by atoms with Gasteiger partial charge in [0, 0.05) is 29.8 Å². The van der Waals surface area contributed by atoms with E-state index in [0.29, 0.717) is 22.6 Å². The number of fused-ring (bicyclic) bond motifs is 1. The summed E-state index contributed by atoms with van der Waals surface area (Å²) in [7, 11) is 0. The van der Waals surface area contributed by atoms with Gasteiger partial charge in [-0.1, -0.05) is 24.6 Å². The second-order valence-corrected chi connectivity index (χ2v) is 4.96. The van der Waals surface area contributed by atoms with Crippen LogP contribution < -0.4 is 5.32 Å². The highest BCUT2D eigenvalue weighted by Gasteiger charge is 2.13. The summed E-state index contributed by atoms with van der Waals surface area (Å²) in [4.78, 5) is 16.4. The van der Waals surface area contributed by atoms with Crippen molar-refractivity contribution in [2.75, 3.05) is 13.2 Å². The van der Waals surface area contributed by atoms with Crippen LogP contribution in [-0.2, 0) is 0 Å². The van der Waals surface area contributed by atoms with E-state index in [9.17, 15) is 4.79 Å². The molecule has 0 saturated heterocycles. The molecule has 2 N–H and O–H groups in total. The molecule has 0 fully saturated rings. The van der Waals surface area contributed by atoms with E-state index in [1.165, 1.54) is 0 Å². The lowest BCUT2D eigenvalue weighted by molar-refractivity contribution is 0.0944. The Labute approximate surface area is 116 Å². The van der Waals surface area contributed by atoms with E-state index < -0.39 is 0 Å². The van der Waals surface area contributed by atoms with Gasteiger partial charge in [0.1, 0.15) is 0 Å². The van der Waals surface area contributed by atoms with Crippen LogP contribution in [0.25, 0.3) is 10.9 Å². The number of nitrogens with zero attached hydrogens (tertiary/aromatic N) is 1. The summed E-state index contributed by atoms with van der Waals surface area (Å²) >= 11 is 6.01. The van der Waals surface area contributed by atoms with Crippen molar-refractivity contribution in [3.63, 3.8) is 0 Å². The van der Waals surface area contributed by atoms with Gasteiger partial charge in [0.15, 0.2) is 0 Å². The summed E-state index contributed by atoms with van der Waals surface area (Å²) in [5.41, 5.74) is 1.08. The molecule has 0 radical (unpaired) electrons. The zero-order valence-electron chi connectivity index (χ0n) is 10.6. The number of halogens is 1. The number of hydrogen-bond acceptors (Lipinski definition) is 3. The molecule has 0 aliphatic carbocycles. The smallest absolute Gasteiger partial charge is 0.253 e. The van der Waals surface area contributed by atoms with Gasteiger partial charge in [0.25, 0.3) is 5.91 Å². The van der Waals surface area contributed by atoms with Crippen LogP contribution in [0.1, 0.15) is 17.3 Å². The molecule has 100 valence electrons. The fourth-order valence-electron chi connectivity index (χ4n) is 1.76. The first-order valence-corrected chi connectivity index (χ1v) is 6.43. The molecule has 1 aromatic heterocycles. The fourth-order valence-corrected chi connectivity index (χ4v) is 1.98. The number of aliphatic hydroxyl groups is 1. The Bertz CT molecular complexity index is 601. The van der Waals surface area contributed by atoms with Crippen molar-refractivity contribution in [3.8, 4) is 0 Å². The summed E-state index contributed by atoms with van der Waals surface area (Å²) in [6.07, 6.45) is 1.64. The van der Waals surface area contributed by atoms with Crippen LogP contribution in [0.15, 0.2) is 30.5 Å². The first-order valence-electron chi connectivity index (χ1n) is 6.05. The molecular weight excluding hydrogens is 264 g/mol. The van der Waals surface area contributed by atoms with Gasteiger partial charge < -0.3 is 10.4 Å². The zero-order valence-corrected chi connectivity index (χ0v) is 11.3. The molecule has 2 aromatic rings. The average Bonchev–Trinajstić information content (AvgIpc) is 2.43. The highest BCUT2D eigenvalue weighted by molar-refractivity contribution is 6.32. The summed E-state index contributed by atoms with van der Waals surface area (Å²) < 4.78 is 0. The third-order valence-corrected chi connectivity index (χ3v) is 3.06. The fraction of sp³-hybridized carbons (Fsp3) is 0.286. The zero-order chi connectivity index (χ0) is 13.8. The molecule has 1 unspecified atom stereocenters. The van der Waals surface area contributed by atoms with E-state index >= 15 is 0 Å². The van der Waals surface area contributed by atoms with Gasteiger partial charge in [-0.15, -0.1) is 0 Å². The molecule has 0 aliphatic heterocycles. The standard InChI is InChI=1S/C14H15ClN2O2/c1-9(8-18)7-17-14(19)12-6-11(15)5-10-3-2-4-16-13(10)12/h2-6,9,18H,7-8H2,1H3,(H,17,19). The Balaban J connectivity index is 2.31. The molecule has 1 aromatic carbocycles. The number of nitrogens with one attached hydrogen (secondary N) is 1. The van der Waals surface area contributed by atoms with E-state index in [4.69, 9.17) is 16.7 Å². The van der Waals surface area contributed by atoms with E-state index in [2.05, 4.69) is 10.3 Å². The van der Waals surface area contributed by atoms with Gasteiger partial charge in [-0.05, 0) is 24.1 Å². The SMILES string of the molecule is CC(CO)CNC(=O)c1cc(Cl)cc2cccnc12. The van der Waals surface area contributed by atoms with Crippen molar-refractivity contribution in [2.24, 2.45) is 5.92 Å². The quantitative estimate of drug-likeness (QED) is 0.902. The van der Waals surface area contributed by atoms with Crippen molar-refractivity contribution in [3.05, 3.63) is 41.0 Å². The molecule has 4 nitrogen and oxygen atoms in total. The Morgan fingerprint density at radius 3 is 3.05 bits per heavy atom. The minimum Gasteiger partial charge on any atom is -0.396 e. The molecule has 0 bridgehead atoms. The molecule has 0 spiro atoms. The first-order chi connectivity index (χ1) is 9.11. The van der Waals surface area contributed by atoms with Crippen molar-refractivity contribution >= 4 is 28.4 Å². The van der Waals surface area contributed by atoms with Crippen LogP contribution >= 0.6 is 11.6 Å². The van der Waals surface area contributed by atoms with Crippen molar-refractivity contribution in [2.45, 2.75) is 6.92 Å². The lowest BCUT2D eigenvalue weighted by Crippen LogP contribution is -2.29. The van der Waals surface area contributed by atoms with E-state index in [1.54, 1.807) is 24.4 Å². The predicted molar refractivity (Wildman–Crippen MR) is 75.3 cm³/mol. The monoisotopic (exact) mass is 278 g/mol. The van der Waals surface area contributed by atoms with Crippen LogP contribution in [0, 0.1) is 5.92 Å². The van der Waals surface area contributed by atoms with Gasteiger partial charge in [-0.2, -0.15) is 0 Å². The highest BCUT2D eigenvalue weighted by atomic mass is 35.5. The maximum atomic E-state index is 12.1. The summed E-state index contributed by atoms with van der Waals surface area (Å²) in [5.74, 6) is -0.214. The third kappa shape index (κ3) is 3.22. The molecule has 0 saturated carbocycles. The van der Waals surface area contributed by atoms with Crippen LogP contribution in [0.4, 0.5) is 0 Å². The molecule has 1 amide bonds. The van der Waals surface area contributed by atoms with Gasteiger partial charge in [0.05, 0.1) is 11.1 Å². The van der Waals surface area contributed by atoms with Crippen molar-refractivity contribution in [1.29, 1.82) is 0 Å². The number of rotatable bonds is 4. The number of amides is 1. The summed E-state index contributed by atoms with van der Waals surface area (Å²) in [6, 6.07) is 7.04. The van der Waals surface area contributed by atoms with Crippen LogP contribution in [-0.4, -0.2) is 29.1 Å². The second kappa shape index (κ2) is 5.99. The van der Waals surface area contributed by atoms with E-state index in [1.807, 2.05) is 13.0 Å². The number of aliphatic hydroxyl groups excluding tert-OH is 1. The summed E-state index contributed by atoms with van der Waals surface area (Å²) in [6.45, 7) is 2.31. The Morgan fingerprint density at radius 2 is 2.32 bits per heavy atom. The highest BCUT2D eigenvalue weighted by Crippen LogP contribution is 2.22. The lowest BCUT2D eigenvalue weighted by atomic mass is 10.1. The molecule has 2 rings (SSSR count). The number of aromatic nitrogens is 1. The van der Waals surface area contributed by atoms with Crippen LogP contribution in [0.5, 0.6) is 0 Å². The van der Waals surface area contributed by atoms with E-state index in [0.717, 1.165) is 5.39 Å². The minimum absolute atomic E-state index is 0.0161. The summed E-state index contributed by atoms with van der Waals surface area (Å²) in [5, 5.41) is 13.1. The second-order valence-electron chi connectivity index (χ2n) is 4.53. The topological polar surface area (TPSA) is 62.2 Å². The van der Waals surface area contributed by atoms with E-state index in [-0.39, 0.29) is 18.4 Å². The van der Waals surface area contributed by atoms with Gasteiger partial charge in [-0.3, -0.25) is 9.78 Å². The lowest BCUT2D eigenvalue weighted by Gasteiger charge is -2.11. The van der Waals surface area contributed by atoms with Crippen molar-refractivity contribution < 1.29 is 9.90 Å². The maximum absolute atomic E-state index is 12.1. The number of pyridine rings is 1. The third-order valence-electron chi connectivity index (χ3n) is 2.84. The van der Waals surface area contributed by atoms with Crippen LogP contribution in [0.2, 0.25) is 5.02 Å². The Kier molecular flexibility index (Phi) is 4.35. The number of benzene rings is 1. The van der Waals surface area contributed by atoms with Gasteiger partial charge in [-0.25, -0.2) is 0 Å². The molecule has 0 aliphatic rings. The normalized spacial score (nSPS) is 12.4. The van der Waals surface area contributed by atoms with Crippen molar-refractivity contribution in [1.82, 2.24) is 10.3 Å². The van der Waals surface area contributed by atoms with Gasteiger partial charge in [0.2, 0.25) is 0 Å². The predicted octanol–water partition coefficient (Wildman–Crippen LogP) is 2.25. The molecule has 5 heteroatoms. The number of carbonyl (C=O) groups excluding carboxylic acids is 1. The number of carbonyl (C=O) groups is 1. The molecular formula is C14H15ClN2O2. The van der Waals surface area contributed by atoms with Crippen LogP contribution in [0.3, 0.4) is 0 Å². The first kappa shape index (κ1) is 13.8. The molecule has 1 atom stereocenters. The maximum Gasteiger partial charge on any atom is 0.253 e. The average molecular weight is 279 g/mol. The Morgan fingerprint density at radius 1 is 1.53 bits per heavy atom. The molecule has 1 heterocycles.